The van der Waals surface area contributed by atoms with Crippen LogP contribution in [0.4, 0.5) is 36.4 Å². The Kier molecular flexibility index (Phi) is 9.43. The normalized spacial score (nSPS) is 14.0. The van der Waals surface area contributed by atoms with Crippen molar-refractivity contribution < 1.29 is 57.5 Å². The van der Waals surface area contributed by atoms with Crippen LogP contribution in [0.5, 0.6) is 5.75 Å². The average Bonchev–Trinajstić information content (AvgIpc) is 2.75. The fraction of sp³-hybridized carbons (Fsp3) is 0.417. The number of carbonyl (C=O) groups is 2. The highest BCUT2D eigenvalue weighted by Crippen LogP contribution is 2.53. The number of hydrogen-bond donors (Lipinski definition) is 1. The van der Waals surface area contributed by atoms with Crippen molar-refractivity contribution in [2.24, 2.45) is 5.73 Å². The first-order valence-corrected chi connectivity index (χ1v) is 14.8. The lowest BCUT2D eigenvalue weighted by Crippen LogP contribution is -2.53. The Labute approximate surface area is 233 Å². The summed E-state index contributed by atoms with van der Waals surface area (Å²) in [5.74, 6) is -3.37. The Morgan fingerprint density at radius 1 is 1.02 bits per heavy atom. The fourth-order valence-electron chi connectivity index (χ4n) is 4.20. The van der Waals surface area contributed by atoms with E-state index in [-0.39, 0.29) is 23.6 Å². The number of hydrogen-bond acceptors (Lipinski definition) is 6. The molecule has 0 saturated heterocycles. The number of carbonyl (C=O) groups excluding carboxylic acids is 2. The number of primary amides is 1. The van der Waals surface area contributed by atoms with Crippen LogP contribution >= 0.6 is 0 Å². The topological polar surface area (TPSA) is 130 Å². The highest BCUT2D eigenvalue weighted by atomic mass is 32.2. The molecular weight excluding hydrogens is 609 g/mol. The summed E-state index contributed by atoms with van der Waals surface area (Å²) in [6.07, 6.45) is -10.9. The van der Waals surface area contributed by atoms with Crippen LogP contribution in [0.15, 0.2) is 36.4 Å². The maximum atomic E-state index is 14.7. The van der Waals surface area contributed by atoms with Gasteiger partial charge >= 0.3 is 28.1 Å². The Morgan fingerprint density at radius 3 is 1.98 bits per heavy atom. The predicted octanol–water partition coefficient (Wildman–Crippen LogP) is 4.53. The number of amides is 2. The zero-order valence-corrected chi connectivity index (χ0v) is 23.7. The SMILES string of the molecule is Cc1cc(C(F)(C(F)(F)F)C(F)(F)F)ccc1N(C(=O)c1cccc(OS(C)(=O)=O)c1C(N)=O)C(C)(C)C[S+](C)[O-]. The second kappa shape index (κ2) is 11.3. The minimum atomic E-state index is -6.39. The number of nitrogens with zero attached hydrogens (tertiary/aromatic N) is 1. The van der Waals surface area contributed by atoms with Gasteiger partial charge in [0.2, 0.25) is 0 Å². The second-order valence-corrected chi connectivity index (χ2v) is 12.7. The van der Waals surface area contributed by atoms with E-state index < -0.39 is 84.7 Å². The molecular formula is C24H25F7N2O6S2. The van der Waals surface area contributed by atoms with E-state index in [0.29, 0.717) is 12.3 Å². The molecule has 0 fully saturated rings. The summed E-state index contributed by atoms with van der Waals surface area (Å²) in [4.78, 5) is 27.1. The summed E-state index contributed by atoms with van der Waals surface area (Å²) in [5.41, 5.74) is -5.67. The van der Waals surface area contributed by atoms with E-state index >= 15 is 0 Å². The van der Waals surface area contributed by atoms with Crippen LogP contribution in [0.25, 0.3) is 0 Å². The molecule has 0 radical (unpaired) electrons. The molecule has 2 N–H and O–H groups in total. The number of halogens is 7. The Bertz CT molecular complexity index is 1430. The molecule has 0 aliphatic heterocycles. The van der Waals surface area contributed by atoms with Gasteiger partial charge in [0.1, 0.15) is 5.75 Å². The van der Waals surface area contributed by atoms with E-state index in [1.807, 2.05) is 0 Å². The Morgan fingerprint density at radius 2 is 1.56 bits per heavy atom. The van der Waals surface area contributed by atoms with Crippen molar-refractivity contribution in [1.82, 2.24) is 0 Å². The minimum Gasteiger partial charge on any atom is -0.616 e. The molecule has 0 aliphatic rings. The fourth-order valence-corrected chi connectivity index (χ4v) is 5.79. The lowest BCUT2D eigenvalue weighted by Gasteiger charge is -2.39. The van der Waals surface area contributed by atoms with E-state index in [2.05, 4.69) is 0 Å². The number of alkyl halides is 7. The van der Waals surface area contributed by atoms with Gasteiger partial charge in [0.25, 0.3) is 11.8 Å². The zero-order chi connectivity index (χ0) is 31.9. The molecule has 0 bridgehead atoms. The first kappa shape index (κ1) is 34.2. The molecule has 1 atom stereocenters. The van der Waals surface area contributed by atoms with Crippen molar-refractivity contribution >= 4 is 38.8 Å². The Hall–Kier alpha value is -3.05. The first-order chi connectivity index (χ1) is 18.3. The van der Waals surface area contributed by atoms with Gasteiger partial charge in [0, 0.05) is 11.3 Å². The molecule has 8 nitrogen and oxygen atoms in total. The summed E-state index contributed by atoms with van der Waals surface area (Å²) < 4.78 is 135. The van der Waals surface area contributed by atoms with E-state index in [0.717, 1.165) is 30.0 Å². The van der Waals surface area contributed by atoms with E-state index in [1.54, 1.807) is 0 Å². The van der Waals surface area contributed by atoms with E-state index in [9.17, 15) is 53.3 Å². The summed E-state index contributed by atoms with van der Waals surface area (Å²) in [6.45, 7) is 3.75. The van der Waals surface area contributed by atoms with E-state index in [1.165, 1.54) is 20.1 Å². The van der Waals surface area contributed by atoms with Gasteiger partial charge in [-0.1, -0.05) is 29.4 Å². The lowest BCUT2D eigenvalue weighted by molar-refractivity contribution is -0.348. The lowest BCUT2D eigenvalue weighted by atomic mass is 9.91. The van der Waals surface area contributed by atoms with Crippen LogP contribution in [0.1, 0.15) is 45.7 Å². The molecule has 0 aliphatic carbocycles. The van der Waals surface area contributed by atoms with Gasteiger partial charge in [-0.2, -0.15) is 34.8 Å². The van der Waals surface area contributed by atoms with Gasteiger partial charge in [0.15, 0.2) is 5.75 Å². The van der Waals surface area contributed by atoms with Crippen molar-refractivity contribution in [3.05, 3.63) is 58.7 Å². The second-order valence-electron chi connectivity index (χ2n) is 9.66. The number of benzene rings is 2. The summed E-state index contributed by atoms with van der Waals surface area (Å²) in [5, 5.41) is 0. The quantitative estimate of drug-likeness (QED) is 0.245. The standard InChI is InChI=1S/C24H25F7N2O6S2/c1-13-11-14(22(25,23(26,27)28)24(29,30)31)9-10-16(13)33(21(2,3)12-40(4)36)20(35)15-7-6-8-17(18(15)19(32)34)39-41(5,37)38/h6-11H,12H2,1-5H3,(H2,32,34). The van der Waals surface area contributed by atoms with Gasteiger partial charge in [-0.3, -0.25) is 14.5 Å². The third-order valence-electron chi connectivity index (χ3n) is 5.73. The van der Waals surface area contributed by atoms with Gasteiger partial charge in [-0.05, 0) is 44.5 Å². The third-order valence-corrected chi connectivity index (χ3v) is 7.32. The molecule has 0 aromatic heterocycles. The molecule has 1 unspecified atom stereocenters. The summed E-state index contributed by atoms with van der Waals surface area (Å²) >= 11 is -1.63. The number of rotatable bonds is 9. The molecule has 0 heterocycles. The van der Waals surface area contributed by atoms with Crippen LogP contribution in [0.3, 0.4) is 0 Å². The van der Waals surface area contributed by atoms with Gasteiger partial charge in [-0.15, -0.1) is 0 Å². The predicted molar refractivity (Wildman–Crippen MR) is 136 cm³/mol. The average molecular weight is 635 g/mol. The number of nitrogens with two attached hydrogens (primary N) is 1. The third kappa shape index (κ3) is 7.06. The van der Waals surface area contributed by atoms with Gasteiger partial charge in [-0.25, -0.2) is 4.39 Å². The monoisotopic (exact) mass is 634 g/mol. The van der Waals surface area contributed by atoms with Crippen molar-refractivity contribution in [2.75, 3.05) is 23.2 Å². The van der Waals surface area contributed by atoms with Crippen LogP contribution in [-0.2, 0) is 27.0 Å². The molecule has 2 amide bonds. The maximum Gasteiger partial charge on any atom is 0.435 e. The van der Waals surface area contributed by atoms with Crippen molar-refractivity contribution in [3.8, 4) is 5.75 Å². The zero-order valence-electron chi connectivity index (χ0n) is 22.1. The molecule has 17 heteroatoms. The Balaban J connectivity index is 2.88. The first-order valence-electron chi connectivity index (χ1n) is 11.3. The molecule has 41 heavy (non-hydrogen) atoms. The summed E-state index contributed by atoms with van der Waals surface area (Å²) in [7, 11) is -4.23. The molecule has 2 rings (SSSR count). The van der Waals surface area contributed by atoms with Gasteiger partial charge in [0.05, 0.1) is 29.2 Å². The van der Waals surface area contributed by atoms with Crippen LogP contribution < -0.4 is 14.8 Å². The summed E-state index contributed by atoms with van der Waals surface area (Å²) in [6, 6.07) is 4.32. The largest absolute Gasteiger partial charge is 0.616 e. The molecule has 2 aromatic rings. The highest BCUT2D eigenvalue weighted by molar-refractivity contribution is 7.90. The minimum absolute atomic E-state index is 0.209. The van der Waals surface area contributed by atoms with Crippen LogP contribution in [-0.4, -0.2) is 60.9 Å². The van der Waals surface area contributed by atoms with Crippen molar-refractivity contribution in [1.29, 1.82) is 0 Å². The van der Waals surface area contributed by atoms with Crippen LogP contribution in [0, 0.1) is 6.92 Å². The highest BCUT2D eigenvalue weighted by Gasteiger charge is 2.73. The molecule has 228 valence electrons. The number of anilines is 1. The maximum absolute atomic E-state index is 14.7. The van der Waals surface area contributed by atoms with Crippen molar-refractivity contribution in [3.63, 3.8) is 0 Å². The molecule has 0 saturated carbocycles. The smallest absolute Gasteiger partial charge is 0.435 e. The molecule has 2 aromatic carbocycles. The number of aryl methyl sites for hydroxylation is 1. The van der Waals surface area contributed by atoms with Gasteiger partial charge < -0.3 is 14.5 Å². The van der Waals surface area contributed by atoms with Crippen LogP contribution in [0.2, 0.25) is 0 Å². The van der Waals surface area contributed by atoms with Crippen molar-refractivity contribution in [2.45, 2.75) is 44.3 Å². The van der Waals surface area contributed by atoms with E-state index in [4.69, 9.17) is 9.92 Å². The molecule has 0 spiro atoms.